The summed E-state index contributed by atoms with van der Waals surface area (Å²) in [4.78, 5) is 13.6. The fourth-order valence-electron chi connectivity index (χ4n) is 2.71. The number of carbonyl (C=O) groups excluding carboxylic acids is 1. The molecule has 3 heteroatoms. The van der Waals surface area contributed by atoms with E-state index < -0.39 is 5.60 Å². The molecule has 0 aliphatic carbocycles. The molecule has 2 atom stereocenters. The molecule has 1 N–H and O–H groups in total. The summed E-state index contributed by atoms with van der Waals surface area (Å²) in [6, 6.07) is 9.08. The van der Waals surface area contributed by atoms with Gasteiger partial charge in [-0.25, -0.2) is 0 Å². The van der Waals surface area contributed by atoms with E-state index in [0.717, 1.165) is 5.56 Å². The molecular formula is C16H19NO2. The summed E-state index contributed by atoms with van der Waals surface area (Å²) >= 11 is 0. The molecule has 1 heterocycles. The van der Waals surface area contributed by atoms with Gasteiger partial charge in [0.05, 0.1) is 6.04 Å². The predicted molar refractivity (Wildman–Crippen MR) is 75.5 cm³/mol. The van der Waals surface area contributed by atoms with Gasteiger partial charge < -0.3 is 10.0 Å². The van der Waals surface area contributed by atoms with Gasteiger partial charge in [0.1, 0.15) is 5.60 Å². The molecule has 1 aromatic rings. The van der Waals surface area contributed by atoms with E-state index in [4.69, 9.17) is 0 Å². The van der Waals surface area contributed by atoms with Crippen LogP contribution in [0.25, 0.3) is 0 Å². The van der Waals surface area contributed by atoms with Gasteiger partial charge in [0.2, 0.25) is 5.91 Å². The van der Waals surface area contributed by atoms with Crippen molar-refractivity contribution in [3.8, 4) is 0 Å². The van der Waals surface area contributed by atoms with Crippen LogP contribution in [0.3, 0.4) is 0 Å². The molecular weight excluding hydrogens is 238 g/mol. The monoisotopic (exact) mass is 257 g/mol. The summed E-state index contributed by atoms with van der Waals surface area (Å²) in [5.41, 5.74) is -0.449. The second-order valence-corrected chi connectivity index (χ2v) is 4.78. The molecule has 0 unspecified atom stereocenters. The van der Waals surface area contributed by atoms with Crippen molar-refractivity contribution in [3.05, 3.63) is 61.2 Å². The summed E-state index contributed by atoms with van der Waals surface area (Å²) in [6.07, 6.45) is 4.30. The van der Waals surface area contributed by atoms with Crippen molar-refractivity contribution < 1.29 is 9.90 Å². The molecule has 0 saturated carbocycles. The number of hydrogen-bond donors (Lipinski definition) is 1. The van der Waals surface area contributed by atoms with E-state index in [1.807, 2.05) is 30.3 Å². The molecule has 0 aromatic heterocycles. The van der Waals surface area contributed by atoms with Crippen molar-refractivity contribution in [2.75, 3.05) is 6.54 Å². The first kappa shape index (κ1) is 13.6. The number of amides is 1. The van der Waals surface area contributed by atoms with Gasteiger partial charge in [-0.1, -0.05) is 49.1 Å². The fourth-order valence-corrected chi connectivity index (χ4v) is 2.71. The van der Waals surface area contributed by atoms with E-state index in [0.29, 0.717) is 19.4 Å². The van der Waals surface area contributed by atoms with E-state index in [1.165, 1.54) is 6.08 Å². The Bertz CT molecular complexity index is 483. The second-order valence-electron chi connectivity index (χ2n) is 4.78. The quantitative estimate of drug-likeness (QED) is 0.822. The van der Waals surface area contributed by atoms with Crippen LogP contribution >= 0.6 is 0 Å². The molecule has 1 amide bonds. The average Bonchev–Trinajstić information content (AvgIpc) is 2.81. The number of benzene rings is 1. The highest BCUT2D eigenvalue weighted by atomic mass is 16.3. The first-order chi connectivity index (χ1) is 9.13. The molecule has 1 aliphatic rings. The topological polar surface area (TPSA) is 40.5 Å². The SMILES string of the molecule is C=CCN1C(=O)CC[C@@H]1[C@](O)(C=C)c1ccccc1. The van der Waals surface area contributed by atoms with Crippen LogP contribution in [-0.2, 0) is 10.4 Å². The maximum atomic E-state index is 11.9. The van der Waals surface area contributed by atoms with Crippen LogP contribution in [0.4, 0.5) is 0 Å². The smallest absolute Gasteiger partial charge is 0.223 e. The molecule has 3 nitrogen and oxygen atoms in total. The van der Waals surface area contributed by atoms with Crippen LogP contribution in [0, 0.1) is 0 Å². The zero-order valence-corrected chi connectivity index (χ0v) is 11.0. The largest absolute Gasteiger partial charge is 0.379 e. The third-order valence-corrected chi connectivity index (χ3v) is 3.71. The molecule has 1 aromatic carbocycles. The van der Waals surface area contributed by atoms with Gasteiger partial charge in [0.15, 0.2) is 0 Å². The first-order valence-electron chi connectivity index (χ1n) is 6.45. The van der Waals surface area contributed by atoms with Gasteiger partial charge in [-0.3, -0.25) is 4.79 Å². The van der Waals surface area contributed by atoms with Crippen LogP contribution in [0.5, 0.6) is 0 Å². The van der Waals surface area contributed by atoms with E-state index >= 15 is 0 Å². The van der Waals surface area contributed by atoms with Crippen LogP contribution in [0.1, 0.15) is 18.4 Å². The molecule has 1 saturated heterocycles. The van der Waals surface area contributed by atoms with Crippen molar-refractivity contribution in [1.29, 1.82) is 0 Å². The fraction of sp³-hybridized carbons (Fsp3) is 0.312. The number of aliphatic hydroxyl groups is 1. The summed E-state index contributed by atoms with van der Waals surface area (Å²) in [5, 5.41) is 11.0. The van der Waals surface area contributed by atoms with E-state index in [2.05, 4.69) is 13.2 Å². The molecule has 2 rings (SSSR count). The lowest BCUT2D eigenvalue weighted by Crippen LogP contribution is -2.47. The van der Waals surface area contributed by atoms with Crippen LogP contribution < -0.4 is 0 Å². The normalized spacial score (nSPS) is 22.1. The maximum Gasteiger partial charge on any atom is 0.223 e. The van der Waals surface area contributed by atoms with Crippen LogP contribution in [-0.4, -0.2) is 28.5 Å². The van der Waals surface area contributed by atoms with Crippen molar-refractivity contribution in [3.63, 3.8) is 0 Å². The minimum absolute atomic E-state index is 0.0566. The summed E-state index contributed by atoms with van der Waals surface area (Å²) in [5.74, 6) is 0.0566. The lowest BCUT2D eigenvalue weighted by Gasteiger charge is -2.37. The number of hydrogen-bond acceptors (Lipinski definition) is 2. The Kier molecular flexibility index (Phi) is 3.86. The number of carbonyl (C=O) groups is 1. The van der Waals surface area contributed by atoms with Crippen molar-refractivity contribution in [2.45, 2.75) is 24.5 Å². The molecule has 19 heavy (non-hydrogen) atoms. The molecule has 1 fully saturated rings. The Morgan fingerprint density at radius 1 is 1.37 bits per heavy atom. The summed E-state index contributed by atoms with van der Waals surface area (Å²) < 4.78 is 0. The van der Waals surface area contributed by atoms with E-state index in [-0.39, 0.29) is 11.9 Å². The standard InChI is InChI=1S/C16H19NO2/c1-3-12-17-14(10-11-15(17)18)16(19,4-2)13-8-6-5-7-9-13/h3-9,14,19H,1-2,10-12H2/t14-,16+/m1/s1. The third-order valence-electron chi connectivity index (χ3n) is 3.71. The summed E-state index contributed by atoms with van der Waals surface area (Å²) in [7, 11) is 0. The predicted octanol–water partition coefficient (Wildman–Crippen LogP) is 2.24. The van der Waals surface area contributed by atoms with E-state index in [9.17, 15) is 9.90 Å². The van der Waals surface area contributed by atoms with Gasteiger partial charge in [-0.05, 0) is 12.0 Å². The lowest BCUT2D eigenvalue weighted by atomic mass is 9.85. The van der Waals surface area contributed by atoms with Gasteiger partial charge in [-0.2, -0.15) is 0 Å². The Morgan fingerprint density at radius 2 is 2.05 bits per heavy atom. The van der Waals surface area contributed by atoms with Gasteiger partial charge in [-0.15, -0.1) is 6.58 Å². The van der Waals surface area contributed by atoms with Crippen LogP contribution in [0.15, 0.2) is 55.6 Å². The number of nitrogens with zero attached hydrogens (tertiary/aromatic N) is 1. The third kappa shape index (κ3) is 2.34. The highest BCUT2D eigenvalue weighted by Gasteiger charge is 2.44. The Labute approximate surface area is 113 Å². The van der Waals surface area contributed by atoms with Gasteiger partial charge in [0.25, 0.3) is 0 Å². The molecule has 0 bridgehead atoms. The molecule has 0 spiro atoms. The van der Waals surface area contributed by atoms with Crippen LogP contribution in [0.2, 0.25) is 0 Å². The Morgan fingerprint density at radius 3 is 2.63 bits per heavy atom. The first-order valence-corrected chi connectivity index (χ1v) is 6.45. The zero-order chi connectivity index (χ0) is 13.9. The summed E-state index contributed by atoms with van der Waals surface area (Å²) in [6.45, 7) is 7.88. The highest BCUT2D eigenvalue weighted by molar-refractivity contribution is 5.79. The van der Waals surface area contributed by atoms with Gasteiger partial charge in [0, 0.05) is 13.0 Å². The highest BCUT2D eigenvalue weighted by Crippen LogP contribution is 2.36. The maximum absolute atomic E-state index is 11.9. The zero-order valence-electron chi connectivity index (χ0n) is 11.0. The van der Waals surface area contributed by atoms with Crippen molar-refractivity contribution in [2.24, 2.45) is 0 Å². The Hall–Kier alpha value is -1.87. The second kappa shape index (κ2) is 5.41. The van der Waals surface area contributed by atoms with Crippen molar-refractivity contribution >= 4 is 5.91 Å². The minimum Gasteiger partial charge on any atom is -0.379 e. The minimum atomic E-state index is -1.21. The molecule has 100 valence electrons. The molecule has 1 aliphatic heterocycles. The van der Waals surface area contributed by atoms with Gasteiger partial charge >= 0.3 is 0 Å². The van der Waals surface area contributed by atoms with Crippen molar-refractivity contribution in [1.82, 2.24) is 4.90 Å². The average molecular weight is 257 g/mol. The van der Waals surface area contributed by atoms with E-state index in [1.54, 1.807) is 11.0 Å². The lowest BCUT2D eigenvalue weighted by molar-refractivity contribution is -0.131. The Balaban J connectivity index is 2.38. The molecule has 0 radical (unpaired) electrons. The number of rotatable bonds is 5. The number of likely N-dealkylation sites (tertiary alicyclic amines) is 1.